The molecule has 1 aromatic heterocycles. The van der Waals surface area contributed by atoms with Crippen LogP contribution in [0.1, 0.15) is 17.7 Å². The number of amides is 1. The van der Waals surface area contributed by atoms with Crippen LogP contribution < -0.4 is 0 Å². The molecule has 2 heterocycles. The molecule has 0 atom stereocenters. The van der Waals surface area contributed by atoms with Crippen molar-refractivity contribution in [1.82, 2.24) is 9.80 Å². The third kappa shape index (κ3) is 3.80. The van der Waals surface area contributed by atoms with Gasteiger partial charge < -0.3 is 10.0 Å². The predicted molar refractivity (Wildman–Crippen MR) is 72.5 cm³/mol. The van der Waals surface area contributed by atoms with E-state index in [1.807, 2.05) is 4.90 Å². The molecule has 0 saturated carbocycles. The molecule has 0 aliphatic carbocycles. The van der Waals surface area contributed by atoms with Gasteiger partial charge in [0.15, 0.2) is 0 Å². The maximum Gasteiger partial charge on any atom is 0.222 e. The van der Waals surface area contributed by atoms with Crippen molar-refractivity contribution >= 4 is 17.2 Å². The van der Waals surface area contributed by atoms with Crippen LogP contribution in [-0.2, 0) is 11.3 Å². The molecule has 0 bridgehead atoms. The largest absolute Gasteiger partial charge is 0.396 e. The van der Waals surface area contributed by atoms with Crippen LogP contribution in [0.5, 0.6) is 0 Å². The predicted octanol–water partition coefficient (Wildman–Crippen LogP) is 1.16. The summed E-state index contributed by atoms with van der Waals surface area (Å²) in [6.45, 7) is 4.62. The van der Waals surface area contributed by atoms with E-state index in [0.717, 1.165) is 32.7 Å². The summed E-state index contributed by atoms with van der Waals surface area (Å²) in [5.74, 6) is 0.180. The lowest BCUT2D eigenvalue weighted by molar-refractivity contribution is -0.133. The molecule has 0 aromatic carbocycles. The molecule has 2 rings (SSSR count). The number of piperazine rings is 1. The maximum absolute atomic E-state index is 11.8. The zero-order valence-electron chi connectivity index (χ0n) is 10.5. The molecular weight excluding hydrogens is 248 g/mol. The molecule has 1 fully saturated rings. The number of aliphatic hydroxyl groups excluding tert-OH is 1. The molecule has 1 aliphatic heterocycles. The highest BCUT2D eigenvalue weighted by atomic mass is 32.1. The van der Waals surface area contributed by atoms with Crippen LogP contribution in [0.3, 0.4) is 0 Å². The monoisotopic (exact) mass is 268 g/mol. The minimum Gasteiger partial charge on any atom is -0.396 e. The van der Waals surface area contributed by atoms with E-state index >= 15 is 0 Å². The molecule has 1 amide bonds. The highest BCUT2D eigenvalue weighted by Gasteiger charge is 2.20. The minimum absolute atomic E-state index is 0.101. The van der Waals surface area contributed by atoms with E-state index in [1.165, 1.54) is 4.88 Å². The second kappa shape index (κ2) is 6.87. The molecule has 18 heavy (non-hydrogen) atoms. The van der Waals surface area contributed by atoms with E-state index in [9.17, 15) is 4.79 Å². The molecule has 0 spiro atoms. The maximum atomic E-state index is 11.8. The lowest BCUT2D eigenvalue weighted by Crippen LogP contribution is -2.48. The first-order chi connectivity index (χ1) is 8.79. The SMILES string of the molecule is O=C(CCCO)N1CCN(Cc2cccs2)CC1. The third-order valence-corrected chi connectivity index (χ3v) is 4.09. The van der Waals surface area contributed by atoms with Gasteiger partial charge in [0.25, 0.3) is 0 Å². The Morgan fingerprint density at radius 1 is 1.33 bits per heavy atom. The van der Waals surface area contributed by atoms with Crippen LogP contribution in [0.15, 0.2) is 17.5 Å². The van der Waals surface area contributed by atoms with Crippen molar-refractivity contribution in [3.63, 3.8) is 0 Å². The van der Waals surface area contributed by atoms with Crippen molar-refractivity contribution in [2.75, 3.05) is 32.8 Å². The Labute approximate surface area is 112 Å². The van der Waals surface area contributed by atoms with Gasteiger partial charge >= 0.3 is 0 Å². The van der Waals surface area contributed by atoms with Crippen LogP contribution in [-0.4, -0.2) is 53.6 Å². The zero-order valence-corrected chi connectivity index (χ0v) is 11.4. The Hall–Kier alpha value is -0.910. The lowest BCUT2D eigenvalue weighted by atomic mass is 10.2. The van der Waals surface area contributed by atoms with Crippen LogP contribution in [0, 0.1) is 0 Å². The molecule has 1 aliphatic rings. The summed E-state index contributed by atoms with van der Waals surface area (Å²) < 4.78 is 0. The average Bonchev–Trinajstić information content (AvgIpc) is 2.89. The molecule has 0 unspecified atom stereocenters. The fraction of sp³-hybridized carbons (Fsp3) is 0.615. The first kappa shape index (κ1) is 13.5. The van der Waals surface area contributed by atoms with Gasteiger partial charge in [0.2, 0.25) is 5.91 Å². The van der Waals surface area contributed by atoms with Gasteiger partial charge in [-0.15, -0.1) is 11.3 Å². The van der Waals surface area contributed by atoms with Crippen LogP contribution in [0.2, 0.25) is 0 Å². The Kier molecular flexibility index (Phi) is 5.16. The summed E-state index contributed by atoms with van der Waals surface area (Å²) in [6.07, 6.45) is 1.05. The molecule has 100 valence electrons. The summed E-state index contributed by atoms with van der Waals surface area (Å²) in [4.78, 5) is 17.5. The van der Waals surface area contributed by atoms with Crippen LogP contribution in [0.4, 0.5) is 0 Å². The molecule has 1 saturated heterocycles. The molecule has 1 N–H and O–H groups in total. The first-order valence-electron chi connectivity index (χ1n) is 6.43. The van der Waals surface area contributed by atoms with Crippen molar-refractivity contribution < 1.29 is 9.90 Å². The number of hydrogen-bond acceptors (Lipinski definition) is 4. The molecule has 1 aromatic rings. The van der Waals surface area contributed by atoms with Gasteiger partial charge in [-0.25, -0.2) is 0 Å². The van der Waals surface area contributed by atoms with Crippen LogP contribution >= 0.6 is 11.3 Å². The third-order valence-electron chi connectivity index (χ3n) is 3.23. The number of rotatable bonds is 5. The number of carbonyl (C=O) groups excluding carboxylic acids is 1. The van der Waals surface area contributed by atoms with Gasteiger partial charge in [0, 0.05) is 50.6 Å². The number of aliphatic hydroxyl groups is 1. The smallest absolute Gasteiger partial charge is 0.222 e. The van der Waals surface area contributed by atoms with Gasteiger partial charge in [-0.2, -0.15) is 0 Å². The van der Waals surface area contributed by atoms with Crippen molar-refractivity contribution in [2.45, 2.75) is 19.4 Å². The summed E-state index contributed by atoms with van der Waals surface area (Å²) in [5.41, 5.74) is 0. The number of carbonyl (C=O) groups is 1. The first-order valence-corrected chi connectivity index (χ1v) is 7.31. The van der Waals surface area contributed by atoms with Gasteiger partial charge in [-0.1, -0.05) is 6.07 Å². The van der Waals surface area contributed by atoms with Gasteiger partial charge in [0.05, 0.1) is 0 Å². The highest BCUT2D eigenvalue weighted by Crippen LogP contribution is 2.14. The average molecular weight is 268 g/mol. The second-order valence-corrected chi connectivity index (χ2v) is 5.60. The minimum atomic E-state index is 0.101. The molecule has 4 nitrogen and oxygen atoms in total. The Balaban J connectivity index is 1.72. The van der Waals surface area contributed by atoms with Crippen molar-refractivity contribution in [3.8, 4) is 0 Å². The number of nitrogens with zero attached hydrogens (tertiary/aromatic N) is 2. The zero-order chi connectivity index (χ0) is 12.8. The van der Waals surface area contributed by atoms with Gasteiger partial charge in [-0.05, 0) is 17.9 Å². The summed E-state index contributed by atoms with van der Waals surface area (Å²) in [6, 6.07) is 4.23. The molecule has 0 radical (unpaired) electrons. The summed E-state index contributed by atoms with van der Waals surface area (Å²) >= 11 is 1.78. The fourth-order valence-corrected chi connectivity index (χ4v) is 2.91. The van der Waals surface area contributed by atoms with E-state index in [1.54, 1.807) is 11.3 Å². The Morgan fingerprint density at radius 2 is 2.11 bits per heavy atom. The van der Waals surface area contributed by atoms with Crippen molar-refractivity contribution in [1.29, 1.82) is 0 Å². The van der Waals surface area contributed by atoms with E-state index in [-0.39, 0.29) is 12.5 Å². The van der Waals surface area contributed by atoms with E-state index < -0.39 is 0 Å². The normalized spacial score (nSPS) is 17.1. The topological polar surface area (TPSA) is 43.8 Å². The fourth-order valence-electron chi connectivity index (χ4n) is 2.17. The highest BCUT2D eigenvalue weighted by molar-refractivity contribution is 7.09. The van der Waals surface area contributed by atoms with E-state index in [0.29, 0.717) is 12.8 Å². The van der Waals surface area contributed by atoms with Gasteiger partial charge in [0.1, 0.15) is 0 Å². The second-order valence-electron chi connectivity index (χ2n) is 4.56. The van der Waals surface area contributed by atoms with Crippen molar-refractivity contribution in [2.24, 2.45) is 0 Å². The van der Waals surface area contributed by atoms with Gasteiger partial charge in [-0.3, -0.25) is 9.69 Å². The Bertz CT molecular complexity index is 359. The number of thiophene rings is 1. The molecule has 5 heteroatoms. The quantitative estimate of drug-likeness (QED) is 0.871. The van der Waals surface area contributed by atoms with E-state index in [2.05, 4.69) is 22.4 Å². The standard InChI is InChI=1S/C13H20N2O2S/c16-9-1-4-13(17)15-7-5-14(6-8-15)11-12-3-2-10-18-12/h2-3,10,16H,1,4-9,11H2. The Morgan fingerprint density at radius 3 is 2.72 bits per heavy atom. The van der Waals surface area contributed by atoms with Crippen LogP contribution in [0.25, 0.3) is 0 Å². The molecular formula is C13H20N2O2S. The van der Waals surface area contributed by atoms with Crippen molar-refractivity contribution in [3.05, 3.63) is 22.4 Å². The lowest BCUT2D eigenvalue weighted by Gasteiger charge is -2.34. The van der Waals surface area contributed by atoms with E-state index in [4.69, 9.17) is 5.11 Å². The summed E-state index contributed by atoms with van der Waals surface area (Å²) in [5, 5.41) is 10.8. The number of hydrogen-bond donors (Lipinski definition) is 1. The summed E-state index contributed by atoms with van der Waals surface area (Å²) in [7, 11) is 0.